The molecule has 0 spiro atoms. The molecule has 0 fully saturated rings. The van der Waals surface area contributed by atoms with Crippen LogP contribution in [0.1, 0.15) is 16.4 Å². The molecule has 5 nitrogen and oxygen atoms in total. The smallest absolute Gasteiger partial charge is 0.291 e. The van der Waals surface area contributed by atoms with Gasteiger partial charge >= 0.3 is 0 Å². The molecule has 0 aliphatic heterocycles. The quantitative estimate of drug-likeness (QED) is 0.789. The van der Waals surface area contributed by atoms with E-state index >= 15 is 0 Å². The molecule has 5 heteroatoms. The summed E-state index contributed by atoms with van der Waals surface area (Å²) >= 11 is 0. The van der Waals surface area contributed by atoms with Gasteiger partial charge in [0.15, 0.2) is 11.7 Å². The minimum absolute atomic E-state index is 0.278. The molecule has 100 valence electrons. The van der Waals surface area contributed by atoms with Gasteiger partial charge in [0, 0.05) is 18.2 Å². The van der Waals surface area contributed by atoms with E-state index in [1.807, 2.05) is 12.1 Å². The molecular formula is C15H12N2O3. The molecule has 0 radical (unpaired) electrons. The summed E-state index contributed by atoms with van der Waals surface area (Å²) in [4.78, 5) is 16.0. The number of carbonyl (C=O) groups excluding carboxylic acids is 1. The molecule has 0 saturated carbocycles. The predicted octanol–water partition coefficient (Wildman–Crippen LogP) is 3.50. The van der Waals surface area contributed by atoms with Crippen molar-refractivity contribution in [2.75, 3.05) is 5.32 Å². The summed E-state index contributed by atoms with van der Waals surface area (Å²) in [6.45, 7) is 1.79. The molecule has 2 aromatic heterocycles. The molecule has 20 heavy (non-hydrogen) atoms. The van der Waals surface area contributed by atoms with Crippen LogP contribution in [-0.4, -0.2) is 10.9 Å². The SMILES string of the molecule is Cc1nc(-c2ccc(NC(=O)c3ccco3)cc2)co1. The van der Waals surface area contributed by atoms with Gasteiger partial charge in [0.25, 0.3) is 5.91 Å². The van der Waals surface area contributed by atoms with Gasteiger partial charge in [-0.25, -0.2) is 4.98 Å². The molecule has 1 amide bonds. The molecular weight excluding hydrogens is 256 g/mol. The molecule has 0 aliphatic rings. The number of hydrogen-bond acceptors (Lipinski definition) is 4. The van der Waals surface area contributed by atoms with Gasteiger partial charge in [-0.2, -0.15) is 0 Å². The highest BCUT2D eigenvalue weighted by Gasteiger charge is 2.09. The first-order chi connectivity index (χ1) is 9.72. The highest BCUT2D eigenvalue weighted by Crippen LogP contribution is 2.21. The average Bonchev–Trinajstić information content (AvgIpc) is 3.10. The second-order valence-electron chi connectivity index (χ2n) is 4.26. The molecule has 3 rings (SSSR count). The Balaban J connectivity index is 1.75. The van der Waals surface area contributed by atoms with Crippen molar-refractivity contribution in [3.8, 4) is 11.3 Å². The fourth-order valence-corrected chi connectivity index (χ4v) is 1.82. The van der Waals surface area contributed by atoms with Crippen LogP contribution in [0.25, 0.3) is 11.3 Å². The van der Waals surface area contributed by atoms with E-state index in [0.717, 1.165) is 11.3 Å². The molecule has 1 aromatic carbocycles. The Morgan fingerprint density at radius 3 is 2.55 bits per heavy atom. The van der Waals surface area contributed by atoms with Crippen molar-refractivity contribution in [1.29, 1.82) is 0 Å². The first-order valence-corrected chi connectivity index (χ1v) is 6.10. The van der Waals surface area contributed by atoms with Gasteiger partial charge in [0.05, 0.1) is 6.26 Å². The number of rotatable bonds is 3. The third-order valence-electron chi connectivity index (χ3n) is 2.80. The number of nitrogens with one attached hydrogen (secondary N) is 1. The second-order valence-corrected chi connectivity index (χ2v) is 4.26. The van der Waals surface area contributed by atoms with E-state index in [1.165, 1.54) is 6.26 Å². The van der Waals surface area contributed by atoms with Crippen LogP contribution in [0.15, 0.2) is 57.8 Å². The van der Waals surface area contributed by atoms with Gasteiger partial charge in [0.1, 0.15) is 12.0 Å². The number of amides is 1. The largest absolute Gasteiger partial charge is 0.459 e. The van der Waals surface area contributed by atoms with Crippen LogP contribution in [0, 0.1) is 6.92 Å². The van der Waals surface area contributed by atoms with Crippen molar-refractivity contribution in [2.45, 2.75) is 6.92 Å². The lowest BCUT2D eigenvalue weighted by molar-refractivity contribution is 0.0996. The van der Waals surface area contributed by atoms with Gasteiger partial charge in [-0.3, -0.25) is 4.79 Å². The van der Waals surface area contributed by atoms with Crippen molar-refractivity contribution >= 4 is 11.6 Å². The van der Waals surface area contributed by atoms with Gasteiger partial charge < -0.3 is 14.2 Å². The summed E-state index contributed by atoms with van der Waals surface area (Å²) in [7, 11) is 0. The van der Waals surface area contributed by atoms with Crippen LogP contribution in [0.2, 0.25) is 0 Å². The van der Waals surface area contributed by atoms with Crippen LogP contribution in [-0.2, 0) is 0 Å². The number of benzene rings is 1. The van der Waals surface area contributed by atoms with Crippen molar-refractivity contribution in [3.63, 3.8) is 0 Å². The lowest BCUT2D eigenvalue weighted by Gasteiger charge is -2.03. The molecule has 0 atom stereocenters. The third-order valence-corrected chi connectivity index (χ3v) is 2.80. The first kappa shape index (κ1) is 12.2. The Morgan fingerprint density at radius 1 is 1.15 bits per heavy atom. The number of carbonyl (C=O) groups is 1. The highest BCUT2D eigenvalue weighted by molar-refractivity contribution is 6.02. The van der Waals surface area contributed by atoms with Gasteiger partial charge in [-0.15, -0.1) is 0 Å². The summed E-state index contributed by atoms with van der Waals surface area (Å²) in [5.74, 6) is 0.622. The average molecular weight is 268 g/mol. The fraction of sp³-hybridized carbons (Fsp3) is 0.0667. The van der Waals surface area contributed by atoms with Gasteiger partial charge in [0.2, 0.25) is 0 Å². The number of aromatic nitrogens is 1. The molecule has 0 bridgehead atoms. The van der Waals surface area contributed by atoms with Gasteiger partial charge in [-0.05, 0) is 24.3 Å². The van der Waals surface area contributed by atoms with E-state index in [0.29, 0.717) is 11.6 Å². The van der Waals surface area contributed by atoms with Crippen LogP contribution in [0.5, 0.6) is 0 Å². The standard InChI is InChI=1S/C15H12N2O3/c1-10-16-13(9-20-10)11-4-6-12(7-5-11)17-15(18)14-3-2-8-19-14/h2-9H,1H3,(H,17,18). The third kappa shape index (κ3) is 2.47. The Kier molecular flexibility index (Phi) is 3.09. The van der Waals surface area contributed by atoms with E-state index in [-0.39, 0.29) is 11.7 Å². The molecule has 0 unspecified atom stereocenters. The molecule has 2 heterocycles. The molecule has 0 saturated heterocycles. The fourth-order valence-electron chi connectivity index (χ4n) is 1.82. The summed E-state index contributed by atoms with van der Waals surface area (Å²) in [6, 6.07) is 10.6. The summed E-state index contributed by atoms with van der Waals surface area (Å²) in [5.41, 5.74) is 2.39. The van der Waals surface area contributed by atoms with Crippen LogP contribution in [0.4, 0.5) is 5.69 Å². The van der Waals surface area contributed by atoms with Crippen molar-refractivity contribution < 1.29 is 13.6 Å². The summed E-state index contributed by atoms with van der Waals surface area (Å²) in [6.07, 6.45) is 3.07. The Bertz CT molecular complexity index is 712. The van der Waals surface area contributed by atoms with Crippen molar-refractivity contribution in [1.82, 2.24) is 4.98 Å². The Hall–Kier alpha value is -2.82. The maximum atomic E-state index is 11.8. The Morgan fingerprint density at radius 2 is 1.95 bits per heavy atom. The maximum Gasteiger partial charge on any atom is 0.291 e. The van der Waals surface area contributed by atoms with E-state index in [9.17, 15) is 4.79 Å². The minimum Gasteiger partial charge on any atom is -0.459 e. The van der Waals surface area contributed by atoms with Gasteiger partial charge in [-0.1, -0.05) is 12.1 Å². The first-order valence-electron chi connectivity index (χ1n) is 6.10. The number of furan rings is 1. The minimum atomic E-state index is -0.278. The maximum absolute atomic E-state index is 11.8. The van der Waals surface area contributed by atoms with Crippen molar-refractivity contribution in [3.05, 3.63) is 60.6 Å². The van der Waals surface area contributed by atoms with E-state index in [2.05, 4.69) is 10.3 Å². The summed E-state index contributed by atoms with van der Waals surface area (Å²) in [5, 5.41) is 2.75. The second kappa shape index (κ2) is 5.05. The van der Waals surface area contributed by atoms with E-state index < -0.39 is 0 Å². The zero-order valence-electron chi connectivity index (χ0n) is 10.8. The Labute approximate surface area is 115 Å². The molecule has 0 aliphatic carbocycles. The zero-order valence-corrected chi connectivity index (χ0v) is 10.8. The van der Waals surface area contributed by atoms with Crippen LogP contribution in [0.3, 0.4) is 0 Å². The number of oxazole rings is 1. The number of anilines is 1. The van der Waals surface area contributed by atoms with Crippen molar-refractivity contribution in [2.24, 2.45) is 0 Å². The molecule has 3 aromatic rings. The monoisotopic (exact) mass is 268 g/mol. The normalized spacial score (nSPS) is 10.4. The lowest BCUT2D eigenvalue weighted by Crippen LogP contribution is -2.10. The number of hydrogen-bond donors (Lipinski definition) is 1. The van der Waals surface area contributed by atoms with Crippen LogP contribution < -0.4 is 5.32 Å². The zero-order chi connectivity index (χ0) is 13.9. The topological polar surface area (TPSA) is 68.3 Å². The van der Waals surface area contributed by atoms with Crippen LogP contribution >= 0.6 is 0 Å². The lowest BCUT2D eigenvalue weighted by atomic mass is 10.1. The number of aryl methyl sites for hydroxylation is 1. The predicted molar refractivity (Wildman–Crippen MR) is 73.3 cm³/mol. The number of nitrogens with zero attached hydrogens (tertiary/aromatic N) is 1. The van der Waals surface area contributed by atoms with E-state index in [4.69, 9.17) is 8.83 Å². The van der Waals surface area contributed by atoms with E-state index in [1.54, 1.807) is 37.5 Å². The molecule has 1 N–H and O–H groups in total. The summed E-state index contributed by atoms with van der Waals surface area (Å²) < 4.78 is 10.2. The highest BCUT2D eigenvalue weighted by atomic mass is 16.3.